The van der Waals surface area contributed by atoms with Crippen LogP contribution in [0.4, 0.5) is 24.5 Å². The Labute approximate surface area is 116 Å². The lowest BCUT2D eigenvalue weighted by Gasteiger charge is -2.23. The van der Waals surface area contributed by atoms with E-state index in [0.717, 1.165) is 4.31 Å². The van der Waals surface area contributed by atoms with E-state index in [1.807, 2.05) is 0 Å². The number of nitrogens with two attached hydrogens (primary N) is 1. The first kappa shape index (κ1) is 16.6. The zero-order valence-corrected chi connectivity index (χ0v) is 11.8. The molecule has 0 saturated heterocycles. The molecule has 8 heteroatoms. The van der Waals surface area contributed by atoms with Gasteiger partial charge in [0.25, 0.3) is 0 Å². The molecular weight excluding hydrogens is 293 g/mol. The summed E-state index contributed by atoms with van der Waals surface area (Å²) in [6.45, 7) is 1.77. The molecule has 1 aromatic rings. The number of hydrogen-bond donors (Lipinski definition) is 1. The third-order valence-electron chi connectivity index (χ3n) is 2.67. The van der Waals surface area contributed by atoms with Gasteiger partial charge in [0.2, 0.25) is 10.0 Å². The second kappa shape index (κ2) is 6.34. The van der Waals surface area contributed by atoms with Gasteiger partial charge in [0.15, 0.2) is 0 Å². The molecule has 0 spiro atoms. The van der Waals surface area contributed by atoms with E-state index in [9.17, 15) is 21.6 Å². The van der Waals surface area contributed by atoms with Gasteiger partial charge in [0, 0.05) is 18.7 Å². The summed E-state index contributed by atoms with van der Waals surface area (Å²) in [5, 5.41) is 0. The van der Waals surface area contributed by atoms with Crippen molar-refractivity contribution in [1.29, 1.82) is 0 Å². The van der Waals surface area contributed by atoms with Crippen LogP contribution in [0.25, 0.3) is 0 Å². The number of nitrogen functional groups attached to an aromatic ring is 1. The summed E-state index contributed by atoms with van der Waals surface area (Å²) >= 11 is 0. The Kier molecular flexibility index (Phi) is 5.27. The van der Waals surface area contributed by atoms with Crippen LogP contribution in [0.3, 0.4) is 0 Å². The maximum absolute atomic E-state index is 12.1. The van der Waals surface area contributed by atoms with Crippen LogP contribution < -0.4 is 10.0 Å². The molecule has 0 heterocycles. The van der Waals surface area contributed by atoms with Crippen molar-refractivity contribution in [2.24, 2.45) is 0 Å². The molecule has 0 amide bonds. The van der Waals surface area contributed by atoms with Crippen LogP contribution >= 0.6 is 0 Å². The number of sulfonamides is 1. The Morgan fingerprint density at radius 3 is 2.20 bits per heavy atom. The Bertz CT molecular complexity index is 527. The second-order valence-corrected chi connectivity index (χ2v) is 6.30. The Hall–Kier alpha value is -1.44. The van der Waals surface area contributed by atoms with Gasteiger partial charge in [0.05, 0.1) is 11.4 Å². The molecule has 20 heavy (non-hydrogen) atoms. The molecule has 0 aromatic heterocycles. The highest BCUT2D eigenvalue weighted by Gasteiger charge is 2.29. The van der Waals surface area contributed by atoms with Crippen molar-refractivity contribution < 1.29 is 21.6 Å². The summed E-state index contributed by atoms with van der Waals surface area (Å²) in [6, 6.07) is 6.15. The summed E-state index contributed by atoms with van der Waals surface area (Å²) in [6.07, 6.45) is -5.89. The van der Waals surface area contributed by atoms with E-state index in [0.29, 0.717) is 11.4 Å². The van der Waals surface area contributed by atoms with Gasteiger partial charge in [-0.2, -0.15) is 13.2 Å². The van der Waals surface area contributed by atoms with Crippen molar-refractivity contribution in [2.45, 2.75) is 25.9 Å². The summed E-state index contributed by atoms with van der Waals surface area (Å²) < 4.78 is 61.4. The van der Waals surface area contributed by atoms with Crippen molar-refractivity contribution >= 4 is 21.4 Å². The minimum Gasteiger partial charge on any atom is -0.399 e. The zero-order chi connectivity index (χ0) is 15.4. The lowest BCUT2D eigenvalue weighted by molar-refractivity contribution is -0.134. The van der Waals surface area contributed by atoms with Gasteiger partial charge in [-0.25, -0.2) is 8.42 Å². The summed E-state index contributed by atoms with van der Waals surface area (Å²) in [5.74, 6) is -0.537. The Balaban J connectivity index is 2.80. The first-order valence-electron chi connectivity index (χ1n) is 6.08. The van der Waals surface area contributed by atoms with E-state index in [1.54, 1.807) is 19.1 Å². The van der Waals surface area contributed by atoms with Crippen LogP contribution in [-0.4, -0.2) is 26.9 Å². The third-order valence-corrected chi connectivity index (χ3v) is 4.61. The molecule has 0 unspecified atom stereocenters. The molecule has 0 aliphatic carbocycles. The molecule has 0 aliphatic rings. The normalized spacial score (nSPS) is 12.4. The first-order chi connectivity index (χ1) is 9.15. The highest BCUT2D eigenvalue weighted by atomic mass is 32.2. The van der Waals surface area contributed by atoms with Crippen LogP contribution in [-0.2, 0) is 10.0 Å². The molecule has 2 N–H and O–H groups in total. The smallest absolute Gasteiger partial charge is 0.389 e. The summed E-state index contributed by atoms with van der Waals surface area (Å²) in [7, 11) is -3.77. The van der Waals surface area contributed by atoms with E-state index in [4.69, 9.17) is 5.73 Å². The Morgan fingerprint density at radius 1 is 1.20 bits per heavy atom. The van der Waals surface area contributed by atoms with E-state index >= 15 is 0 Å². The molecule has 0 atom stereocenters. The van der Waals surface area contributed by atoms with Crippen molar-refractivity contribution in [3.05, 3.63) is 24.3 Å². The number of nitrogens with zero attached hydrogens (tertiary/aromatic N) is 1. The maximum atomic E-state index is 12.1. The van der Waals surface area contributed by atoms with Crippen molar-refractivity contribution in [1.82, 2.24) is 0 Å². The fraction of sp³-hybridized carbons (Fsp3) is 0.500. The van der Waals surface area contributed by atoms with Gasteiger partial charge >= 0.3 is 6.18 Å². The van der Waals surface area contributed by atoms with Crippen molar-refractivity contribution in [3.8, 4) is 0 Å². The molecule has 0 radical (unpaired) electrons. The molecule has 1 rings (SSSR count). The molecule has 0 fully saturated rings. The highest BCUT2D eigenvalue weighted by Crippen LogP contribution is 2.24. The number of rotatable bonds is 6. The molecular formula is C12H17F3N2O2S. The first-order valence-corrected chi connectivity index (χ1v) is 7.69. The minimum atomic E-state index is -4.34. The average Bonchev–Trinajstić information content (AvgIpc) is 2.30. The van der Waals surface area contributed by atoms with Crippen molar-refractivity contribution in [3.63, 3.8) is 0 Å². The van der Waals surface area contributed by atoms with E-state index in [-0.39, 0.29) is 6.54 Å². The summed E-state index contributed by atoms with van der Waals surface area (Å²) in [5.41, 5.74) is 6.39. The predicted molar refractivity (Wildman–Crippen MR) is 73.0 cm³/mol. The number of halogens is 3. The lowest BCUT2D eigenvalue weighted by atomic mass is 10.3. The molecule has 0 saturated carbocycles. The van der Waals surface area contributed by atoms with Gasteiger partial charge < -0.3 is 5.73 Å². The molecule has 0 aliphatic heterocycles. The minimum absolute atomic E-state index is 0.151. The topological polar surface area (TPSA) is 63.4 Å². The fourth-order valence-corrected chi connectivity index (χ4v) is 3.31. The van der Waals surface area contributed by atoms with Gasteiger partial charge in [0.1, 0.15) is 0 Å². The van der Waals surface area contributed by atoms with Crippen LogP contribution in [0.5, 0.6) is 0 Å². The van der Waals surface area contributed by atoms with Crippen LogP contribution in [0.15, 0.2) is 24.3 Å². The van der Waals surface area contributed by atoms with E-state index < -0.39 is 34.8 Å². The Morgan fingerprint density at radius 2 is 1.75 bits per heavy atom. The molecule has 4 nitrogen and oxygen atoms in total. The largest absolute Gasteiger partial charge is 0.399 e. The third kappa shape index (κ3) is 4.92. The van der Waals surface area contributed by atoms with Crippen LogP contribution in [0, 0.1) is 0 Å². The standard InChI is InChI=1S/C12H17F3N2O2S/c1-2-17(11-6-4-10(16)5-7-11)20(18,19)9-3-8-12(13,14)15/h4-7H,2-3,8-9,16H2,1H3. The highest BCUT2D eigenvalue weighted by molar-refractivity contribution is 7.92. The predicted octanol–water partition coefficient (Wildman–Crippen LogP) is 2.77. The van der Waals surface area contributed by atoms with Gasteiger partial charge in [-0.15, -0.1) is 0 Å². The van der Waals surface area contributed by atoms with Gasteiger partial charge in [-0.3, -0.25) is 4.31 Å². The number of alkyl halides is 3. The van der Waals surface area contributed by atoms with Gasteiger partial charge in [-0.05, 0) is 37.6 Å². The van der Waals surface area contributed by atoms with Crippen molar-refractivity contribution in [2.75, 3.05) is 22.3 Å². The number of anilines is 2. The van der Waals surface area contributed by atoms with Crippen LogP contribution in [0.2, 0.25) is 0 Å². The molecule has 114 valence electrons. The van der Waals surface area contributed by atoms with Gasteiger partial charge in [-0.1, -0.05) is 0 Å². The maximum Gasteiger partial charge on any atom is 0.389 e. The average molecular weight is 310 g/mol. The van der Waals surface area contributed by atoms with E-state index in [2.05, 4.69) is 0 Å². The monoisotopic (exact) mass is 310 g/mol. The quantitative estimate of drug-likeness (QED) is 0.822. The van der Waals surface area contributed by atoms with E-state index in [1.165, 1.54) is 12.1 Å². The van der Waals surface area contributed by atoms with Crippen LogP contribution in [0.1, 0.15) is 19.8 Å². The molecule has 1 aromatic carbocycles. The number of hydrogen-bond acceptors (Lipinski definition) is 3. The lowest BCUT2D eigenvalue weighted by Crippen LogP contribution is -2.33. The second-order valence-electron chi connectivity index (χ2n) is 4.29. The number of benzene rings is 1. The SMILES string of the molecule is CCN(c1ccc(N)cc1)S(=O)(=O)CCCC(F)(F)F. The summed E-state index contributed by atoms with van der Waals surface area (Å²) in [4.78, 5) is 0. The zero-order valence-electron chi connectivity index (χ0n) is 11.0. The fourth-order valence-electron chi connectivity index (χ4n) is 1.75. The molecule has 0 bridgehead atoms.